The summed E-state index contributed by atoms with van der Waals surface area (Å²) in [6.07, 6.45) is 3.04. The van der Waals surface area contributed by atoms with Gasteiger partial charge in [0.25, 0.3) is 0 Å². The number of amides is 1. The molecule has 0 bridgehead atoms. The maximum Gasteiger partial charge on any atom is 0.308 e. The zero-order valence-electron chi connectivity index (χ0n) is 17.3. The molecule has 3 aromatic rings. The Morgan fingerprint density at radius 2 is 1.68 bits per heavy atom. The van der Waals surface area contributed by atoms with E-state index in [-0.39, 0.29) is 5.91 Å². The number of hydrogen-bond donors (Lipinski definition) is 1. The Kier molecular flexibility index (Phi) is 7.43. The number of hydrogen-bond acceptors (Lipinski definition) is 5. The number of esters is 1. The quantitative estimate of drug-likeness (QED) is 0.322. The Labute approximate surface area is 181 Å². The molecule has 1 amide bonds. The smallest absolute Gasteiger partial charge is 0.308 e. The van der Waals surface area contributed by atoms with Crippen LogP contribution in [0, 0.1) is 0 Å². The molecular weight excluding hydrogens is 394 g/mol. The van der Waals surface area contributed by atoms with E-state index in [0.717, 1.165) is 11.3 Å². The highest BCUT2D eigenvalue weighted by atomic mass is 16.6. The number of carbonyl (C=O) groups excluding carboxylic acids is 2. The van der Waals surface area contributed by atoms with Crippen LogP contribution in [-0.4, -0.2) is 19.0 Å². The fourth-order valence-electron chi connectivity index (χ4n) is 2.82. The summed E-state index contributed by atoms with van der Waals surface area (Å²) in [5.74, 6) is 0.736. The van der Waals surface area contributed by atoms with E-state index < -0.39 is 5.97 Å². The van der Waals surface area contributed by atoms with Crippen molar-refractivity contribution in [1.82, 2.24) is 0 Å². The SMILES string of the molecule is COc1ccc(/C=C/C(=O)Nc2ccccc2COc2ccccc2)cc1OC(C)=O. The first-order valence-corrected chi connectivity index (χ1v) is 9.66. The van der Waals surface area contributed by atoms with Crippen LogP contribution in [0.15, 0.2) is 78.9 Å². The molecule has 0 fully saturated rings. The molecular formula is C25H23NO5. The largest absolute Gasteiger partial charge is 0.493 e. The van der Waals surface area contributed by atoms with Gasteiger partial charge in [-0.25, -0.2) is 0 Å². The standard InChI is InChI=1S/C25H23NO5/c1-18(27)31-24-16-19(12-14-23(24)29-2)13-15-25(28)26-22-11-7-6-8-20(22)17-30-21-9-4-3-5-10-21/h3-16H,17H2,1-2H3,(H,26,28)/b15-13+. The van der Waals surface area contributed by atoms with Crippen LogP contribution >= 0.6 is 0 Å². The van der Waals surface area contributed by atoms with Gasteiger partial charge in [0.15, 0.2) is 11.5 Å². The van der Waals surface area contributed by atoms with Crippen molar-refractivity contribution in [2.75, 3.05) is 12.4 Å². The number of anilines is 1. The number of benzene rings is 3. The van der Waals surface area contributed by atoms with Gasteiger partial charge < -0.3 is 19.5 Å². The molecule has 0 saturated carbocycles. The van der Waals surface area contributed by atoms with Crippen molar-refractivity contribution >= 4 is 23.6 Å². The monoisotopic (exact) mass is 417 g/mol. The van der Waals surface area contributed by atoms with Crippen molar-refractivity contribution < 1.29 is 23.8 Å². The summed E-state index contributed by atoms with van der Waals surface area (Å²) in [6.45, 7) is 1.64. The van der Waals surface area contributed by atoms with Crippen LogP contribution in [0.2, 0.25) is 0 Å². The van der Waals surface area contributed by atoms with Crippen LogP contribution in [0.25, 0.3) is 6.08 Å². The number of ether oxygens (including phenoxy) is 3. The molecule has 158 valence electrons. The highest BCUT2D eigenvalue weighted by Crippen LogP contribution is 2.28. The Bertz CT molecular complexity index is 1080. The minimum Gasteiger partial charge on any atom is -0.493 e. The van der Waals surface area contributed by atoms with Gasteiger partial charge in [-0.15, -0.1) is 0 Å². The maximum atomic E-state index is 12.4. The second-order valence-electron chi connectivity index (χ2n) is 6.59. The fraction of sp³-hybridized carbons (Fsp3) is 0.120. The molecule has 0 unspecified atom stereocenters. The highest BCUT2D eigenvalue weighted by molar-refractivity contribution is 6.02. The number of para-hydroxylation sites is 2. The molecule has 0 spiro atoms. The van der Waals surface area contributed by atoms with E-state index in [0.29, 0.717) is 29.4 Å². The van der Waals surface area contributed by atoms with E-state index >= 15 is 0 Å². The summed E-state index contributed by atoms with van der Waals surface area (Å²) in [7, 11) is 1.49. The second kappa shape index (κ2) is 10.6. The van der Waals surface area contributed by atoms with E-state index in [1.54, 1.807) is 24.3 Å². The average molecular weight is 417 g/mol. The lowest BCUT2D eigenvalue weighted by Crippen LogP contribution is -2.10. The fourth-order valence-corrected chi connectivity index (χ4v) is 2.82. The minimum atomic E-state index is -0.452. The van der Waals surface area contributed by atoms with E-state index in [1.807, 2.05) is 54.6 Å². The van der Waals surface area contributed by atoms with Gasteiger partial charge in [-0.1, -0.05) is 42.5 Å². The van der Waals surface area contributed by atoms with Crippen LogP contribution in [0.4, 0.5) is 5.69 Å². The summed E-state index contributed by atoms with van der Waals surface area (Å²) < 4.78 is 16.1. The first kappa shape index (κ1) is 21.6. The third-order valence-electron chi connectivity index (χ3n) is 4.28. The van der Waals surface area contributed by atoms with Gasteiger partial charge in [0.1, 0.15) is 12.4 Å². The van der Waals surface area contributed by atoms with Crippen molar-refractivity contribution in [3.05, 3.63) is 90.0 Å². The predicted octanol–water partition coefficient (Wildman–Crippen LogP) is 4.85. The Balaban J connectivity index is 1.67. The number of carbonyl (C=O) groups is 2. The highest BCUT2D eigenvalue weighted by Gasteiger charge is 2.08. The number of rotatable bonds is 8. The van der Waals surface area contributed by atoms with Crippen LogP contribution < -0.4 is 19.5 Å². The zero-order chi connectivity index (χ0) is 22.1. The molecule has 3 aromatic carbocycles. The summed E-state index contributed by atoms with van der Waals surface area (Å²) in [4.78, 5) is 23.7. The molecule has 0 aromatic heterocycles. The van der Waals surface area contributed by atoms with Crippen molar-refractivity contribution in [1.29, 1.82) is 0 Å². The van der Waals surface area contributed by atoms with Gasteiger partial charge in [-0.3, -0.25) is 9.59 Å². The Hall–Kier alpha value is -4.06. The van der Waals surface area contributed by atoms with Gasteiger partial charge in [0.05, 0.1) is 7.11 Å². The molecule has 6 heteroatoms. The lowest BCUT2D eigenvalue weighted by molar-refractivity contribution is -0.132. The zero-order valence-corrected chi connectivity index (χ0v) is 17.3. The minimum absolute atomic E-state index is 0.293. The van der Waals surface area contributed by atoms with E-state index in [4.69, 9.17) is 14.2 Å². The predicted molar refractivity (Wildman–Crippen MR) is 119 cm³/mol. The third kappa shape index (κ3) is 6.47. The summed E-state index contributed by atoms with van der Waals surface area (Å²) in [6, 6.07) is 22.0. The summed E-state index contributed by atoms with van der Waals surface area (Å²) >= 11 is 0. The molecule has 0 aliphatic carbocycles. The van der Waals surface area contributed by atoms with Crippen molar-refractivity contribution in [3.8, 4) is 17.2 Å². The van der Waals surface area contributed by atoms with Gasteiger partial charge in [0.2, 0.25) is 5.91 Å². The lowest BCUT2D eigenvalue weighted by Gasteiger charge is -2.11. The van der Waals surface area contributed by atoms with Crippen LogP contribution in [0.5, 0.6) is 17.2 Å². The molecule has 0 atom stereocenters. The van der Waals surface area contributed by atoms with Crippen LogP contribution in [-0.2, 0) is 16.2 Å². The molecule has 3 rings (SSSR count). The molecule has 0 heterocycles. The molecule has 31 heavy (non-hydrogen) atoms. The first-order valence-electron chi connectivity index (χ1n) is 9.66. The van der Waals surface area contributed by atoms with Gasteiger partial charge in [-0.05, 0) is 42.0 Å². The van der Waals surface area contributed by atoms with Crippen LogP contribution in [0.1, 0.15) is 18.1 Å². The van der Waals surface area contributed by atoms with E-state index in [2.05, 4.69) is 5.32 Å². The molecule has 1 N–H and O–H groups in total. The molecule has 0 aliphatic rings. The van der Waals surface area contributed by atoms with Gasteiger partial charge in [0, 0.05) is 24.3 Å². The normalized spacial score (nSPS) is 10.5. The number of methoxy groups -OCH3 is 1. The molecule has 6 nitrogen and oxygen atoms in total. The number of nitrogens with one attached hydrogen (secondary N) is 1. The molecule has 0 saturated heterocycles. The summed E-state index contributed by atoms with van der Waals surface area (Å²) in [5.41, 5.74) is 2.21. The molecule has 0 aliphatic heterocycles. The van der Waals surface area contributed by atoms with Crippen molar-refractivity contribution in [2.45, 2.75) is 13.5 Å². The Morgan fingerprint density at radius 3 is 2.42 bits per heavy atom. The lowest BCUT2D eigenvalue weighted by atomic mass is 10.1. The average Bonchev–Trinajstić information content (AvgIpc) is 2.77. The van der Waals surface area contributed by atoms with Crippen molar-refractivity contribution in [3.63, 3.8) is 0 Å². The maximum absolute atomic E-state index is 12.4. The topological polar surface area (TPSA) is 73.9 Å². The molecule has 0 radical (unpaired) electrons. The third-order valence-corrected chi connectivity index (χ3v) is 4.28. The summed E-state index contributed by atoms with van der Waals surface area (Å²) in [5, 5.41) is 2.87. The second-order valence-corrected chi connectivity index (χ2v) is 6.59. The Morgan fingerprint density at radius 1 is 0.935 bits per heavy atom. The van der Waals surface area contributed by atoms with Gasteiger partial charge in [-0.2, -0.15) is 0 Å². The van der Waals surface area contributed by atoms with E-state index in [9.17, 15) is 9.59 Å². The van der Waals surface area contributed by atoms with Crippen LogP contribution in [0.3, 0.4) is 0 Å². The first-order chi connectivity index (χ1) is 15.0. The van der Waals surface area contributed by atoms with E-state index in [1.165, 1.54) is 20.1 Å². The van der Waals surface area contributed by atoms with Crippen molar-refractivity contribution in [2.24, 2.45) is 0 Å². The van der Waals surface area contributed by atoms with Gasteiger partial charge >= 0.3 is 5.97 Å².